The van der Waals surface area contributed by atoms with E-state index in [-0.39, 0.29) is 0 Å². The molecule has 0 radical (unpaired) electrons. The van der Waals surface area contributed by atoms with Gasteiger partial charge in [-0.3, -0.25) is 4.68 Å². The third-order valence-electron chi connectivity index (χ3n) is 3.36. The van der Waals surface area contributed by atoms with Gasteiger partial charge in [-0.1, -0.05) is 41.5 Å². The summed E-state index contributed by atoms with van der Waals surface area (Å²) in [7, 11) is 1.91. The second-order valence-electron chi connectivity index (χ2n) is 5.54. The van der Waals surface area contributed by atoms with Gasteiger partial charge in [0.25, 0.3) is 0 Å². The van der Waals surface area contributed by atoms with E-state index < -0.39 is 0 Å². The average Bonchev–Trinajstić information content (AvgIpc) is 2.73. The zero-order chi connectivity index (χ0) is 14.5. The van der Waals surface area contributed by atoms with Crippen LogP contribution < -0.4 is 5.32 Å². The van der Waals surface area contributed by atoms with Crippen molar-refractivity contribution in [2.45, 2.75) is 39.7 Å². The topological polar surface area (TPSA) is 42.7 Å². The molecule has 0 fully saturated rings. The number of aromatic nitrogens is 3. The van der Waals surface area contributed by atoms with Crippen molar-refractivity contribution < 1.29 is 0 Å². The molecule has 4 heteroatoms. The summed E-state index contributed by atoms with van der Waals surface area (Å²) in [5, 5.41) is 11.7. The van der Waals surface area contributed by atoms with Crippen LogP contribution in [0.1, 0.15) is 29.3 Å². The Morgan fingerprint density at radius 1 is 1.15 bits per heavy atom. The summed E-state index contributed by atoms with van der Waals surface area (Å²) in [6.07, 6.45) is 3.92. The fourth-order valence-electron chi connectivity index (χ4n) is 2.72. The molecule has 0 bridgehead atoms. The molecule has 1 heterocycles. The van der Waals surface area contributed by atoms with Crippen molar-refractivity contribution >= 4 is 0 Å². The Balaban J connectivity index is 2.08. The molecule has 0 aliphatic rings. The van der Waals surface area contributed by atoms with Crippen molar-refractivity contribution in [2.75, 3.05) is 6.54 Å². The minimum absolute atomic E-state index is 0.401. The number of hydrogen-bond donors (Lipinski definition) is 1. The van der Waals surface area contributed by atoms with Gasteiger partial charge in [-0.25, -0.2) is 0 Å². The molecule has 1 aromatic carbocycles. The van der Waals surface area contributed by atoms with Crippen LogP contribution in [0.2, 0.25) is 0 Å². The molecule has 0 aliphatic carbocycles. The van der Waals surface area contributed by atoms with Crippen LogP contribution in [0.15, 0.2) is 24.4 Å². The van der Waals surface area contributed by atoms with Gasteiger partial charge in [-0.2, -0.15) is 0 Å². The lowest BCUT2D eigenvalue weighted by Crippen LogP contribution is -2.33. The van der Waals surface area contributed by atoms with Gasteiger partial charge in [-0.05, 0) is 32.4 Å². The first-order valence-corrected chi connectivity index (χ1v) is 7.22. The summed E-state index contributed by atoms with van der Waals surface area (Å²) in [5.41, 5.74) is 5.09. The molecule has 0 amide bonds. The number of aryl methyl sites for hydroxylation is 3. The van der Waals surface area contributed by atoms with E-state index in [0.717, 1.165) is 25.1 Å². The minimum atomic E-state index is 0.401. The highest BCUT2D eigenvalue weighted by Crippen LogP contribution is 2.12. The molecule has 1 atom stereocenters. The summed E-state index contributed by atoms with van der Waals surface area (Å²) in [6.45, 7) is 7.42. The zero-order valence-corrected chi connectivity index (χ0v) is 12.8. The molecule has 20 heavy (non-hydrogen) atoms. The van der Waals surface area contributed by atoms with Crippen LogP contribution >= 0.6 is 0 Å². The van der Waals surface area contributed by atoms with Crippen LogP contribution in [0.5, 0.6) is 0 Å². The van der Waals surface area contributed by atoms with Gasteiger partial charge >= 0.3 is 0 Å². The van der Waals surface area contributed by atoms with Crippen LogP contribution in [0.25, 0.3) is 0 Å². The molecule has 0 saturated heterocycles. The van der Waals surface area contributed by atoms with Crippen molar-refractivity contribution in [2.24, 2.45) is 7.05 Å². The molecule has 1 aromatic heterocycles. The molecule has 108 valence electrons. The molecule has 2 aromatic rings. The number of nitrogens with one attached hydrogen (secondary N) is 1. The van der Waals surface area contributed by atoms with Gasteiger partial charge < -0.3 is 5.32 Å². The summed E-state index contributed by atoms with van der Waals surface area (Å²) in [4.78, 5) is 0. The highest BCUT2D eigenvalue weighted by molar-refractivity contribution is 5.29. The third kappa shape index (κ3) is 4.17. The molecule has 0 saturated carbocycles. The van der Waals surface area contributed by atoms with Gasteiger partial charge in [0.2, 0.25) is 0 Å². The highest BCUT2D eigenvalue weighted by atomic mass is 15.4. The Bertz CT molecular complexity index is 539. The molecule has 0 aliphatic heterocycles. The van der Waals surface area contributed by atoms with E-state index >= 15 is 0 Å². The van der Waals surface area contributed by atoms with Crippen molar-refractivity contribution in [3.8, 4) is 0 Å². The van der Waals surface area contributed by atoms with E-state index in [9.17, 15) is 0 Å². The fraction of sp³-hybridized carbons (Fsp3) is 0.500. The van der Waals surface area contributed by atoms with Crippen molar-refractivity contribution in [1.29, 1.82) is 0 Å². The van der Waals surface area contributed by atoms with Crippen molar-refractivity contribution in [3.05, 3.63) is 46.8 Å². The Labute approximate surface area is 121 Å². The van der Waals surface area contributed by atoms with Crippen LogP contribution in [-0.4, -0.2) is 27.6 Å². The Kier molecular flexibility index (Phi) is 4.90. The van der Waals surface area contributed by atoms with E-state index in [1.165, 1.54) is 16.7 Å². The number of nitrogens with zero attached hydrogens (tertiary/aromatic N) is 3. The Morgan fingerprint density at radius 3 is 2.40 bits per heavy atom. The lowest BCUT2D eigenvalue weighted by molar-refractivity contribution is 0.516. The van der Waals surface area contributed by atoms with Gasteiger partial charge in [0.05, 0.1) is 5.69 Å². The molecule has 1 unspecified atom stereocenters. The number of benzene rings is 1. The lowest BCUT2D eigenvalue weighted by atomic mass is 9.98. The first-order valence-electron chi connectivity index (χ1n) is 7.22. The summed E-state index contributed by atoms with van der Waals surface area (Å²) in [6, 6.07) is 7.16. The molecule has 4 nitrogen and oxygen atoms in total. The molecular formula is C16H24N4. The maximum atomic E-state index is 4.19. The van der Waals surface area contributed by atoms with Gasteiger partial charge in [-0.15, -0.1) is 5.10 Å². The summed E-state index contributed by atoms with van der Waals surface area (Å²) >= 11 is 0. The van der Waals surface area contributed by atoms with Gasteiger partial charge in [0.1, 0.15) is 0 Å². The molecule has 1 N–H and O–H groups in total. The van der Waals surface area contributed by atoms with Crippen LogP contribution in [0.3, 0.4) is 0 Å². The fourth-order valence-corrected chi connectivity index (χ4v) is 2.72. The summed E-state index contributed by atoms with van der Waals surface area (Å²) in [5.74, 6) is 0. The second-order valence-corrected chi connectivity index (χ2v) is 5.54. The highest BCUT2D eigenvalue weighted by Gasteiger charge is 2.12. The summed E-state index contributed by atoms with van der Waals surface area (Å²) < 4.78 is 1.76. The number of likely N-dealkylation sites (N-methyl/N-ethyl adjacent to an activating group) is 1. The number of rotatable bonds is 6. The van der Waals surface area contributed by atoms with Gasteiger partial charge in [0, 0.05) is 25.7 Å². The third-order valence-corrected chi connectivity index (χ3v) is 3.36. The van der Waals surface area contributed by atoms with Crippen LogP contribution in [-0.2, 0) is 19.9 Å². The van der Waals surface area contributed by atoms with E-state index in [1.807, 2.05) is 13.2 Å². The maximum Gasteiger partial charge on any atom is 0.0842 e. The number of hydrogen-bond acceptors (Lipinski definition) is 3. The van der Waals surface area contributed by atoms with E-state index in [4.69, 9.17) is 0 Å². The van der Waals surface area contributed by atoms with Crippen molar-refractivity contribution in [3.63, 3.8) is 0 Å². The predicted molar refractivity (Wildman–Crippen MR) is 81.8 cm³/mol. The average molecular weight is 272 g/mol. The Morgan fingerprint density at radius 2 is 1.85 bits per heavy atom. The van der Waals surface area contributed by atoms with E-state index in [0.29, 0.717) is 6.04 Å². The predicted octanol–water partition coefficient (Wildman–Crippen LogP) is 2.20. The normalized spacial score (nSPS) is 12.6. The standard InChI is InChI=1S/C16H24N4/c1-5-17-15(10-16-11-20(4)19-18-16)9-14-7-12(2)6-13(3)8-14/h6-8,11,15,17H,5,9-10H2,1-4H3. The maximum absolute atomic E-state index is 4.19. The molecular weight excluding hydrogens is 248 g/mol. The van der Waals surface area contributed by atoms with Crippen LogP contribution in [0.4, 0.5) is 0 Å². The molecule has 2 rings (SSSR count). The largest absolute Gasteiger partial charge is 0.314 e. The minimum Gasteiger partial charge on any atom is -0.314 e. The first-order chi connectivity index (χ1) is 9.56. The first kappa shape index (κ1) is 14.7. The second kappa shape index (κ2) is 6.66. The van der Waals surface area contributed by atoms with Crippen LogP contribution in [0, 0.1) is 13.8 Å². The monoisotopic (exact) mass is 272 g/mol. The molecule has 0 spiro atoms. The van der Waals surface area contributed by atoms with E-state index in [1.54, 1.807) is 4.68 Å². The zero-order valence-electron chi connectivity index (χ0n) is 12.8. The van der Waals surface area contributed by atoms with E-state index in [2.05, 4.69) is 54.6 Å². The Hall–Kier alpha value is -1.68. The SMILES string of the molecule is CCNC(Cc1cc(C)cc(C)c1)Cc1cn(C)nn1. The van der Waals surface area contributed by atoms with Crippen molar-refractivity contribution in [1.82, 2.24) is 20.3 Å². The quantitative estimate of drug-likeness (QED) is 0.876. The van der Waals surface area contributed by atoms with Gasteiger partial charge in [0.15, 0.2) is 0 Å². The smallest absolute Gasteiger partial charge is 0.0842 e. The lowest BCUT2D eigenvalue weighted by Gasteiger charge is -2.17.